The quantitative estimate of drug-likeness (QED) is 0.695. The highest BCUT2D eigenvalue weighted by Gasteiger charge is 2.31. The minimum Gasteiger partial charge on any atom is -0.398 e. The van der Waals surface area contributed by atoms with Gasteiger partial charge in [-0.2, -0.15) is 11.8 Å². The van der Waals surface area contributed by atoms with Gasteiger partial charge < -0.3 is 11.5 Å². The zero-order valence-electron chi connectivity index (χ0n) is 11.7. The highest BCUT2D eigenvalue weighted by Crippen LogP contribution is 2.30. The Bertz CT molecular complexity index is 646. The summed E-state index contributed by atoms with van der Waals surface area (Å²) in [4.78, 5) is 11.1. The molecule has 1 fully saturated rings. The third-order valence-corrected chi connectivity index (χ3v) is 6.38. The van der Waals surface area contributed by atoms with Gasteiger partial charge in [0.05, 0.1) is 5.69 Å². The van der Waals surface area contributed by atoms with Gasteiger partial charge in [-0.1, -0.05) is 6.42 Å². The Labute approximate surface area is 128 Å². The molecule has 0 bridgehead atoms. The maximum absolute atomic E-state index is 12.4. The van der Waals surface area contributed by atoms with E-state index >= 15 is 0 Å². The van der Waals surface area contributed by atoms with Crippen LogP contribution < -0.4 is 16.2 Å². The smallest absolute Gasteiger partial charge is 0.248 e. The van der Waals surface area contributed by atoms with Gasteiger partial charge in [0.1, 0.15) is 4.90 Å². The summed E-state index contributed by atoms with van der Waals surface area (Å²) in [5.41, 5.74) is 11.1. The topological polar surface area (TPSA) is 115 Å². The fraction of sp³-hybridized carbons (Fsp3) is 0.462. The molecule has 2 rings (SSSR count). The molecule has 116 valence electrons. The van der Waals surface area contributed by atoms with Crippen molar-refractivity contribution in [1.82, 2.24) is 4.72 Å². The van der Waals surface area contributed by atoms with Crippen molar-refractivity contribution in [3.05, 3.63) is 23.8 Å². The molecule has 1 aromatic carbocycles. The molecule has 5 N–H and O–H groups in total. The van der Waals surface area contributed by atoms with E-state index in [2.05, 4.69) is 4.72 Å². The standard InChI is InChI=1S/C13H19N3O3S2/c1-20-11-4-2-3-10(11)16-21(18,19)12-6-5-8(13(15)17)7-9(12)14/h5-7,10-11,16H,2-4,14H2,1H3,(H2,15,17). The third kappa shape index (κ3) is 3.50. The lowest BCUT2D eigenvalue weighted by Gasteiger charge is -2.19. The van der Waals surface area contributed by atoms with Crippen LogP contribution in [0.25, 0.3) is 0 Å². The summed E-state index contributed by atoms with van der Waals surface area (Å²) in [7, 11) is -3.70. The van der Waals surface area contributed by atoms with Crippen molar-refractivity contribution in [3.8, 4) is 0 Å². The van der Waals surface area contributed by atoms with Gasteiger partial charge in [0.25, 0.3) is 0 Å². The van der Waals surface area contributed by atoms with Crippen LogP contribution in [0.15, 0.2) is 23.1 Å². The van der Waals surface area contributed by atoms with Crippen LogP contribution in [0.5, 0.6) is 0 Å². The number of benzene rings is 1. The Morgan fingerprint density at radius 2 is 2.10 bits per heavy atom. The maximum Gasteiger partial charge on any atom is 0.248 e. The second-order valence-electron chi connectivity index (χ2n) is 5.05. The number of thioether (sulfide) groups is 1. The molecule has 1 aliphatic carbocycles. The highest BCUT2D eigenvalue weighted by molar-refractivity contribution is 7.99. The van der Waals surface area contributed by atoms with Crippen molar-refractivity contribution in [2.24, 2.45) is 5.73 Å². The average Bonchev–Trinajstić information content (AvgIpc) is 2.84. The van der Waals surface area contributed by atoms with Gasteiger partial charge in [-0.3, -0.25) is 4.79 Å². The van der Waals surface area contributed by atoms with E-state index in [1.165, 1.54) is 18.2 Å². The van der Waals surface area contributed by atoms with E-state index < -0.39 is 15.9 Å². The first-order valence-electron chi connectivity index (χ1n) is 6.59. The van der Waals surface area contributed by atoms with E-state index in [0.29, 0.717) is 0 Å². The van der Waals surface area contributed by atoms with Crippen LogP contribution in [0.4, 0.5) is 5.69 Å². The lowest BCUT2D eigenvalue weighted by Crippen LogP contribution is -2.38. The molecule has 0 saturated heterocycles. The van der Waals surface area contributed by atoms with E-state index in [4.69, 9.17) is 11.5 Å². The number of sulfonamides is 1. The molecule has 0 aliphatic heterocycles. The van der Waals surface area contributed by atoms with E-state index in [-0.39, 0.29) is 27.4 Å². The number of nitrogens with one attached hydrogen (secondary N) is 1. The van der Waals surface area contributed by atoms with Gasteiger partial charge in [-0.05, 0) is 37.3 Å². The number of carbonyl (C=O) groups excluding carboxylic acids is 1. The number of carbonyl (C=O) groups is 1. The fourth-order valence-electron chi connectivity index (χ4n) is 2.55. The third-order valence-electron chi connectivity index (χ3n) is 3.65. The first-order chi connectivity index (χ1) is 9.85. The molecule has 2 unspecified atom stereocenters. The molecule has 1 aliphatic rings. The molecule has 2 atom stereocenters. The van der Waals surface area contributed by atoms with Crippen LogP contribution in [-0.4, -0.2) is 31.9 Å². The van der Waals surface area contributed by atoms with Crippen molar-refractivity contribution < 1.29 is 13.2 Å². The van der Waals surface area contributed by atoms with Crippen molar-refractivity contribution >= 4 is 33.4 Å². The summed E-state index contributed by atoms with van der Waals surface area (Å²) >= 11 is 1.67. The lowest BCUT2D eigenvalue weighted by atomic mass is 10.2. The molecular weight excluding hydrogens is 310 g/mol. The monoisotopic (exact) mass is 329 g/mol. The van der Waals surface area contributed by atoms with Crippen LogP contribution >= 0.6 is 11.8 Å². The molecular formula is C13H19N3O3S2. The van der Waals surface area contributed by atoms with Crippen molar-refractivity contribution in [2.45, 2.75) is 35.4 Å². The molecule has 1 saturated carbocycles. The molecule has 0 aromatic heterocycles. The van der Waals surface area contributed by atoms with Crippen molar-refractivity contribution in [1.29, 1.82) is 0 Å². The molecule has 0 heterocycles. The second kappa shape index (κ2) is 6.25. The van der Waals surface area contributed by atoms with Crippen LogP contribution in [0.3, 0.4) is 0 Å². The summed E-state index contributed by atoms with van der Waals surface area (Å²) in [5, 5.41) is 0.283. The van der Waals surface area contributed by atoms with Crippen LogP contribution in [0, 0.1) is 0 Å². The summed E-state index contributed by atoms with van der Waals surface area (Å²) in [5.74, 6) is -0.642. The number of primary amides is 1. The summed E-state index contributed by atoms with van der Waals surface area (Å²) in [6, 6.07) is 3.90. The van der Waals surface area contributed by atoms with Gasteiger partial charge >= 0.3 is 0 Å². The van der Waals surface area contributed by atoms with Crippen LogP contribution in [-0.2, 0) is 10.0 Å². The zero-order chi connectivity index (χ0) is 15.6. The molecule has 0 spiro atoms. The molecule has 1 amide bonds. The largest absolute Gasteiger partial charge is 0.398 e. The Hall–Kier alpha value is -1.25. The zero-order valence-corrected chi connectivity index (χ0v) is 13.3. The maximum atomic E-state index is 12.4. The van der Waals surface area contributed by atoms with Gasteiger partial charge in [0.15, 0.2) is 0 Å². The van der Waals surface area contributed by atoms with E-state index in [1.54, 1.807) is 11.8 Å². The van der Waals surface area contributed by atoms with E-state index in [0.717, 1.165) is 19.3 Å². The number of hydrogen-bond acceptors (Lipinski definition) is 5. The normalized spacial score (nSPS) is 22.3. The van der Waals surface area contributed by atoms with Crippen molar-refractivity contribution in [3.63, 3.8) is 0 Å². The predicted octanol–water partition coefficient (Wildman–Crippen LogP) is 0.930. The number of anilines is 1. The van der Waals surface area contributed by atoms with E-state index in [1.807, 2.05) is 6.26 Å². The lowest BCUT2D eigenvalue weighted by molar-refractivity contribution is 0.1000. The Morgan fingerprint density at radius 1 is 1.38 bits per heavy atom. The predicted molar refractivity (Wildman–Crippen MR) is 84.6 cm³/mol. The SMILES string of the molecule is CSC1CCCC1NS(=O)(=O)c1ccc(C(N)=O)cc1N. The molecule has 8 heteroatoms. The number of hydrogen-bond donors (Lipinski definition) is 3. The first kappa shape index (κ1) is 16.1. The number of nitrogens with two attached hydrogens (primary N) is 2. The Morgan fingerprint density at radius 3 is 2.67 bits per heavy atom. The summed E-state index contributed by atoms with van der Waals surface area (Å²) in [6.07, 6.45) is 4.82. The van der Waals surface area contributed by atoms with E-state index in [9.17, 15) is 13.2 Å². The van der Waals surface area contributed by atoms with Gasteiger partial charge in [0.2, 0.25) is 15.9 Å². The van der Waals surface area contributed by atoms with Crippen LogP contribution in [0.1, 0.15) is 29.6 Å². The summed E-state index contributed by atoms with van der Waals surface area (Å²) < 4.78 is 27.6. The van der Waals surface area contributed by atoms with Crippen LogP contribution in [0.2, 0.25) is 0 Å². The van der Waals surface area contributed by atoms with Gasteiger partial charge in [-0.15, -0.1) is 0 Å². The molecule has 0 radical (unpaired) electrons. The Balaban J connectivity index is 2.25. The summed E-state index contributed by atoms with van der Waals surface area (Å²) in [6.45, 7) is 0. The number of nitrogen functional groups attached to an aromatic ring is 1. The highest BCUT2D eigenvalue weighted by atomic mass is 32.2. The molecule has 1 aromatic rings. The first-order valence-corrected chi connectivity index (χ1v) is 9.36. The van der Waals surface area contributed by atoms with Crippen molar-refractivity contribution in [2.75, 3.05) is 12.0 Å². The van der Waals surface area contributed by atoms with Gasteiger partial charge in [-0.25, -0.2) is 13.1 Å². The molecule has 21 heavy (non-hydrogen) atoms. The second-order valence-corrected chi connectivity index (χ2v) is 7.81. The Kier molecular flexibility index (Phi) is 4.80. The number of amides is 1. The van der Waals surface area contributed by atoms with Gasteiger partial charge in [0, 0.05) is 16.9 Å². The minimum absolute atomic E-state index is 0.0146. The number of rotatable bonds is 5. The molecule has 6 nitrogen and oxygen atoms in total. The average molecular weight is 329 g/mol. The fourth-order valence-corrected chi connectivity index (χ4v) is 5.00. The minimum atomic E-state index is -3.70.